The van der Waals surface area contributed by atoms with Gasteiger partial charge in [-0.3, -0.25) is 0 Å². The molecule has 6 N–H and O–H groups in total. The molecule has 0 radical (unpaired) electrons. The van der Waals surface area contributed by atoms with Gasteiger partial charge >= 0.3 is 0 Å². The maximum Gasteiger partial charge on any atom is 0.168 e. The summed E-state index contributed by atoms with van der Waals surface area (Å²) in [5.41, 5.74) is 21.8. The Morgan fingerprint density at radius 3 is 1.65 bits per heavy atom. The molecule has 20 heavy (non-hydrogen) atoms. The summed E-state index contributed by atoms with van der Waals surface area (Å²) >= 11 is 0. The Bertz CT molecular complexity index is 597. The van der Waals surface area contributed by atoms with Crippen LogP contribution in [0.4, 0.5) is 11.4 Å². The zero-order valence-electron chi connectivity index (χ0n) is 11.0. The second kappa shape index (κ2) is 4.90. The molecule has 1 unspecified atom stereocenters. The summed E-state index contributed by atoms with van der Waals surface area (Å²) in [7, 11) is 0. The number of ether oxygens (including phenoxy) is 1. The normalized spacial score (nSPS) is 16.6. The third-order valence-corrected chi connectivity index (χ3v) is 3.36. The molecule has 1 heterocycles. The van der Waals surface area contributed by atoms with Gasteiger partial charge in [0, 0.05) is 23.5 Å². The van der Waals surface area contributed by atoms with Crippen LogP contribution in [0, 0.1) is 0 Å². The first kappa shape index (κ1) is 12.6. The van der Waals surface area contributed by atoms with Crippen molar-refractivity contribution in [1.82, 2.24) is 0 Å². The van der Waals surface area contributed by atoms with E-state index in [1.54, 1.807) is 0 Å². The van der Waals surface area contributed by atoms with E-state index in [0.29, 0.717) is 6.54 Å². The third kappa shape index (κ3) is 2.33. The molecular weight excluding hydrogens is 250 g/mol. The van der Waals surface area contributed by atoms with E-state index in [1.165, 1.54) is 0 Å². The molecule has 1 saturated heterocycles. The summed E-state index contributed by atoms with van der Waals surface area (Å²) in [5, 5.41) is 0. The fourth-order valence-corrected chi connectivity index (χ4v) is 2.25. The molecule has 1 atom stereocenters. The SMILES string of the molecule is NCC1OC1=C(c1ccc(N)cc1)c1ccc(N)cc1. The fourth-order valence-electron chi connectivity index (χ4n) is 2.25. The summed E-state index contributed by atoms with van der Waals surface area (Å²) < 4.78 is 5.59. The van der Waals surface area contributed by atoms with Gasteiger partial charge in [-0.1, -0.05) is 24.3 Å². The molecule has 0 amide bonds. The molecule has 0 bridgehead atoms. The Kier molecular flexibility index (Phi) is 3.08. The van der Waals surface area contributed by atoms with Crippen LogP contribution in [0.5, 0.6) is 0 Å². The number of epoxide rings is 1. The lowest BCUT2D eigenvalue weighted by atomic mass is 9.96. The molecule has 0 saturated carbocycles. The van der Waals surface area contributed by atoms with Crippen molar-refractivity contribution < 1.29 is 4.74 Å². The van der Waals surface area contributed by atoms with Crippen molar-refractivity contribution >= 4 is 16.9 Å². The van der Waals surface area contributed by atoms with E-state index in [-0.39, 0.29) is 6.10 Å². The lowest BCUT2D eigenvalue weighted by Gasteiger charge is -2.07. The molecule has 4 nitrogen and oxygen atoms in total. The van der Waals surface area contributed by atoms with Crippen LogP contribution in [0.25, 0.3) is 5.57 Å². The number of benzene rings is 2. The Morgan fingerprint density at radius 1 is 0.850 bits per heavy atom. The maximum atomic E-state index is 5.75. The van der Waals surface area contributed by atoms with Crippen LogP contribution in [0.2, 0.25) is 0 Å². The summed E-state index contributed by atoms with van der Waals surface area (Å²) in [5.74, 6) is 0.932. The zero-order chi connectivity index (χ0) is 14.1. The van der Waals surface area contributed by atoms with E-state index in [1.807, 2.05) is 48.5 Å². The minimum atomic E-state index is 0.0140. The second-order valence-corrected chi connectivity index (χ2v) is 4.83. The van der Waals surface area contributed by atoms with Gasteiger partial charge in [-0.15, -0.1) is 0 Å². The Balaban J connectivity index is 2.08. The van der Waals surface area contributed by atoms with Gasteiger partial charge in [0.1, 0.15) is 5.76 Å². The third-order valence-electron chi connectivity index (χ3n) is 3.36. The largest absolute Gasteiger partial charge is 0.481 e. The molecule has 1 aliphatic heterocycles. The van der Waals surface area contributed by atoms with Gasteiger partial charge in [0.2, 0.25) is 0 Å². The number of nitrogens with two attached hydrogens (primary N) is 3. The number of nitrogen functional groups attached to an aromatic ring is 2. The summed E-state index contributed by atoms with van der Waals surface area (Å²) in [6.45, 7) is 0.489. The minimum Gasteiger partial charge on any atom is -0.481 e. The Labute approximate surface area is 117 Å². The average Bonchev–Trinajstić information content (AvgIpc) is 3.23. The van der Waals surface area contributed by atoms with Crippen molar-refractivity contribution in [3.05, 3.63) is 65.4 Å². The van der Waals surface area contributed by atoms with Gasteiger partial charge in [-0.05, 0) is 35.4 Å². The van der Waals surface area contributed by atoms with E-state index in [0.717, 1.165) is 33.8 Å². The summed E-state index contributed by atoms with van der Waals surface area (Å²) in [4.78, 5) is 0. The lowest BCUT2D eigenvalue weighted by Crippen LogP contribution is -2.05. The van der Waals surface area contributed by atoms with E-state index >= 15 is 0 Å². The molecule has 0 aliphatic carbocycles. The first-order chi connectivity index (χ1) is 9.69. The molecule has 1 fully saturated rings. The lowest BCUT2D eigenvalue weighted by molar-refractivity contribution is 0.432. The zero-order valence-corrected chi connectivity index (χ0v) is 11.0. The first-order valence-corrected chi connectivity index (χ1v) is 6.52. The van der Waals surface area contributed by atoms with Crippen molar-refractivity contribution in [3.63, 3.8) is 0 Å². The highest BCUT2D eigenvalue weighted by atomic mass is 16.6. The smallest absolute Gasteiger partial charge is 0.168 e. The van der Waals surface area contributed by atoms with Gasteiger partial charge < -0.3 is 21.9 Å². The first-order valence-electron chi connectivity index (χ1n) is 6.52. The van der Waals surface area contributed by atoms with Gasteiger partial charge in [0.25, 0.3) is 0 Å². The molecule has 2 aromatic carbocycles. The van der Waals surface area contributed by atoms with Crippen molar-refractivity contribution in [2.24, 2.45) is 5.73 Å². The standard InChI is InChI=1S/C16H17N3O/c17-9-14-16(20-14)15(10-1-5-12(18)6-2-10)11-3-7-13(19)8-4-11/h1-8,14H,9,17-19H2. The second-order valence-electron chi connectivity index (χ2n) is 4.83. The topological polar surface area (TPSA) is 90.6 Å². The van der Waals surface area contributed by atoms with Crippen LogP contribution in [-0.4, -0.2) is 12.6 Å². The summed E-state index contributed by atoms with van der Waals surface area (Å²) in [6.07, 6.45) is 0.0140. The van der Waals surface area contributed by atoms with Gasteiger partial charge in [0.05, 0.1) is 0 Å². The molecular formula is C16H17N3O. The van der Waals surface area contributed by atoms with E-state index in [9.17, 15) is 0 Å². The van der Waals surface area contributed by atoms with Gasteiger partial charge in [-0.25, -0.2) is 0 Å². The number of hydrogen-bond donors (Lipinski definition) is 3. The van der Waals surface area contributed by atoms with E-state index < -0.39 is 0 Å². The Hall–Kier alpha value is -2.46. The summed E-state index contributed by atoms with van der Waals surface area (Å²) in [6, 6.07) is 15.5. The molecule has 0 aromatic heterocycles. The number of anilines is 2. The molecule has 0 spiro atoms. The van der Waals surface area contributed by atoms with Crippen LogP contribution >= 0.6 is 0 Å². The molecule has 1 aliphatic rings. The predicted molar refractivity (Wildman–Crippen MR) is 81.7 cm³/mol. The van der Waals surface area contributed by atoms with Crippen molar-refractivity contribution in [2.75, 3.05) is 18.0 Å². The highest BCUT2D eigenvalue weighted by Crippen LogP contribution is 2.38. The van der Waals surface area contributed by atoms with Crippen molar-refractivity contribution in [1.29, 1.82) is 0 Å². The van der Waals surface area contributed by atoms with Crippen LogP contribution in [0.15, 0.2) is 54.3 Å². The Morgan fingerprint density at radius 2 is 1.30 bits per heavy atom. The van der Waals surface area contributed by atoms with Gasteiger partial charge in [0.15, 0.2) is 6.10 Å². The van der Waals surface area contributed by atoms with Crippen LogP contribution in [0.1, 0.15) is 11.1 Å². The monoisotopic (exact) mass is 267 g/mol. The molecule has 2 aromatic rings. The maximum absolute atomic E-state index is 5.75. The molecule has 4 heteroatoms. The van der Waals surface area contributed by atoms with Crippen molar-refractivity contribution in [3.8, 4) is 0 Å². The van der Waals surface area contributed by atoms with E-state index in [2.05, 4.69) is 0 Å². The average molecular weight is 267 g/mol. The highest BCUT2D eigenvalue weighted by molar-refractivity contribution is 5.84. The van der Waals surface area contributed by atoms with Crippen molar-refractivity contribution in [2.45, 2.75) is 6.10 Å². The quantitative estimate of drug-likeness (QED) is 0.585. The number of rotatable bonds is 3. The number of hydrogen-bond acceptors (Lipinski definition) is 4. The van der Waals surface area contributed by atoms with Crippen LogP contribution in [0.3, 0.4) is 0 Å². The molecule has 3 rings (SSSR count). The van der Waals surface area contributed by atoms with E-state index in [4.69, 9.17) is 21.9 Å². The predicted octanol–water partition coefficient (Wildman–Crippen LogP) is 1.97. The van der Waals surface area contributed by atoms with Crippen LogP contribution < -0.4 is 17.2 Å². The molecule has 102 valence electrons. The minimum absolute atomic E-state index is 0.0140. The van der Waals surface area contributed by atoms with Gasteiger partial charge in [-0.2, -0.15) is 0 Å². The highest BCUT2D eigenvalue weighted by Gasteiger charge is 2.35. The van der Waals surface area contributed by atoms with Crippen LogP contribution in [-0.2, 0) is 4.74 Å². The fraction of sp³-hybridized carbons (Fsp3) is 0.125.